The van der Waals surface area contributed by atoms with Gasteiger partial charge in [0.15, 0.2) is 0 Å². The van der Waals surface area contributed by atoms with Gasteiger partial charge in [0.25, 0.3) is 0 Å². The van der Waals surface area contributed by atoms with Crippen molar-refractivity contribution in [3.63, 3.8) is 0 Å². The fourth-order valence-electron chi connectivity index (χ4n) is 3.10. The third-order valence-corrected chi connectivity index (χ3v) is 5.28. The van der Waals surface area contributed by atoms with E-state index < -0.39 is 54.0 Å². The number of nitrogens with one attached hydrogen (secondary N) is 3. The Morgan fingerprint density at radius 3 is 1.66 bits per heavy atom. The molecule has 7 N–H and O–H groups in total. The first kappa shape index (κ1) is 29.8. The van der Waals surface area contributed by atoms with E-state index in [0.717, 1.165) is 0 Å². The van der Waals surface area contributed by atoms with Crippen molar-refractivity contribution < 1.29 is 29.4 Å². The van der Waals surface area contributed by atoms with Gasteiger partial charge in [0.05, 0.1) is 6.10 Å². The van der Waals surface area contributed by atoms with Crippen LogP contribution in [0, 0.1) is 17.8 Å². The fraction of sp³-hybridized carbons (Fsp3) is 0.818. The molecule has 0 spiro atoms. The Balaban J connectivity index is 5.57. The van der Waals surface area contributed by atoms with Crippen molar-refractivity contribution in [3.8, 4) is 0 Å². The summed E-state index contributed by atoms with van der Waals surface area (Å²) in [4.78, 5) is 49.8. The molecule has 3 amide bonds. The van der Waals surface area contributed by atoms with E-state index in [9.17, 15) is 29.4 Å². The predicted octanol–water partition coefficient (Wildman–Crippen LogP) is 0.372. The molecule has 0 saturated heterocycles. The number of aliphatic hydroxyl groups is 1. The van der Waals surface area contributed by atoms with Crippen LogP contribution in [-0.4, -0.2) is 64.2 Å². The summed E-state index contributed by atoms with van der Waals surface area (Å²) in [5.41, 5.74) is 5.67. The van der Waals surface area contributed by atoms with Crippen LogP contribution in [0.15, 0.2) is 0 Å². The Bertz CT molecular complexity index is 638. The minimum absolute atomic E-state index is 0.0414. The maximum Gasteiger partial charge on any atom is 0.326 e. The number of rotatable bonds is 14. The minimum Gasteiger partial charge on any atom is -0.480 e. The van der Waals surface area contributed by atoms with Gasteiger partial charge in [0.2, 0.25) is 17.7 Å². The number of aliphatic carboxylic acids is 1. The Labute approximate surface area is 191 Å². The average molecular weight is 459 g/mol. The quantitative estimate of drug-likeness (QED) is 0.218. The van der Waals surface area contributed by atoms with Gasteiger partial charge in [-0.3, -0.25) is 14.4 Å². The van der Waals surface area contributed by atoms with Gasteiger partial charge in [-0.05, 0) is 37.5 Å². The van der Waals surface area contributed by atoms with Crippen LogP contribution >= 0.6 is 0 Å². The van der Waals surface area contributed by atoms with E-state index in [-0.39, 0.29) is 24.2 Å². The SMILES string of the molecule is CCC(C)C(NC(=O)C(N)C(C)O)C(=O)NC(CC(C)C)C(=O)NC(CC(C)C)C(=O)O. The topological polar surface area (TPSA) is 171 Å². The maximum absolute atomic E-state index is 13.0. The number of carboxylic acid groups (broad SMARTS) is 1. The van der Waals surface area contributed by atoms with Crippen molar-refractivity contribution in [1.82, 2.24) is 16.0 Å². The van der Waals surface area contributed by atoms with Crippen LogP contribution in [0.5, 0.6) is 0 Å². The van der Waals surface area contributed by atoms with E-state index in [1.54, 1.807) is 6.92 Å². The molecule has 32 heavy (non-hydrogen) atoms. The Hall–Kier alpha value is -2.20. The smallest absolute Gasteiger partial charge is 0.326 e. The lowest BCUT2D eigenvalue weighted by molar-refractivity contribution is -0.143. The number of nitrogens with two attached hydrogens (primary N) is 1. The standard InChI is InChI=1S/C22H42N4O6/c1-8-13(6)18(26-20(29)17(23)14(7)27)21(30)24-15(9-11(2)3)19(28)25-16(22(31)32)10-12(4)5/h11-18,27H,8-10,23H2,1-7H3,(H,24,30)(H,25,28)(H,26,29)(H,31,32). The summed E-state index contributed by atoms with van der Waals surface area (Å²) in [6.45, 7) is 12.5. The molecule has 0 rings (SSSR count). The zero-order chi connectivity index (χ0) is 25.2. The van der Waals surface area contributed by atoms with Crippen LogP contribution in [0.4, 0.5) is 0 Å². The molecule has 0 heterocycles. The summed E-state index contributed by atoms with van der Waals surface area (Å²) in [7, 11) is 0. The second-order valence-electron chi connectivity index (χ2n) is 9.36. The first-order valence-electron chi connectivity index (χ1n) is 11.3. The molecule has 6 unspecified atom stereocenters. The number of hydrogen-bond donors (Lipinski definition) is 6. The molecule has 0 aliphatic carbocycles. The van der Waals surface area contributed by atoms with Crippen LogP contribution in [0.1, 0.15) is 67.7 Å². The van der Waals surface area contributed by atoms with Crippen molar-refractivity contribution in [3.05, 3.63) is 0 Å². The Kier molecular flexibility index (Phi) is 13.1. The second-order valence-corrected chi connectivity index (χ2v) is 9.36. The van der Waals surface area contributed by atoms with Gasteiger partial charge in [0.1, 0.15) is 24.2 Å². The van der Waals surface area contributed by atoms with Crippen molar-refractivity contribution in [2.24, 2.45) is 23.5 Å². The van der Waals surface area contributed by atoms with Gasteiger partial charge in [-0.2, -0.15) is 0 Å². The fourth-order valence-corrected chi connectivity index (χ4v) is 3.10. The van der Waals surface area contributed by atoms with Crippen molar-refractivity contribution in [1.29, 1.82) is 0 Å². The molecule has 0 aromatic carbocycles. The molecule has 10 heteroatoms. The predicted molar refractivity (Wildman–Crippen MR) is 121 cm³/mol. The maximum atomic E-state index is 13.0. The number of carboxylic acids is 1. The molecule has 0 aliphatic heterocycles. The van der Waals surface area contributed by atoms with Crippen LogP contribution in [0.3, 0.4) is 0 Å². The van der Waals surface area contributed by atoms with Crippen LogP contribution in [-0.2, 0) is 19.2 Å². The zero-order valence-electron chi connectivity index (χ0n) is 20.3. The van der Waals surface area contributed by atoms with E-state index in [1.165, 1.54) is 6.92 Å². The van der Waals surface area contributed by atoms with Gasteiger partial charge >= 0.3 is 5.97 Å². The number of carbonyl (C=O) groups excluding carboxylic acids is 3. The zero-order valence-corrected chi connectivity index (χ0v) is 20.3. The first-order chi connectivity index (χ1) is 14.7. The van der Waals surface area contributed by atoms with Gasteiger partial charge in [-0.15, -0.1) is 0 Å². The summed E-state index contributed by atoms with van der Waals surface area (Å²) in [5.74, 6) is -3.14. The first-order valence-corrected chi connectivity index (χ1v) is 11.3. The highest BCUT2D eigenvalue weighted by atomic mass is 16.4. The number of amides is 3. The average Bonchev–Trinajstić information content (AvgIpc) is 2.68. The van der Waals surface area contributed by atoms with Gasteiger partial charge in [-0.1, -0.05) is 48.0 Å². The molecule has 0 radical (unpaired) electrons. The molecule has 0 bridgehead atoms. The third kappa shape index (κ3) is 10.4. The van der Waals surface area contributed by atoms with E-state index in [0.29, 0.717) is 12.8 Å². The van der Waals surface area contributed by atoms with Gasteiger partial charge in [0, 0.05) is 0 Å². The second kappa shape index (κ2) is 14.1. The molecule has 186 valence electrons. The number of aliphatic hydroxyl groups excluding tert-OH is 1. The van der Waals surface area contributed by atoms with Gasteiger partial charge < -0.3 is 31.9 Å². The molecule has 0 aromatic heterocycles. The molecule has 0 saturated carbocycles. The summed E-state index contributed by atoms with van der Waals surface area (Å²) >= 11 is 0. The highest BCUT2D eigenvalue weighted by molar-refractivity contribution is 5.94. The Morgan fingerprint density at radius 2 is 1.25 bits per heavy atom. The summed E-state index contributed by atoms with van der Waals surface area (Å²) < 4.78 is 0. The number of carbonyl (C=O) groups is 4. The van der Waals surface area contributed by atoms with Crippen molar-refractivity contribution >= 4 is 23.7 Å². The van der Waals surface area contributed by atoms with E-state index in [2.05, 4.69) is 16.0 Å². The molecule has 0 aliphatic rings. The van der Waals surface area contributed by atoms with E-state index >= 15 is 0 Å². The lowest BCUT2D eigenvalue weighted by atomic mass is 9.96. The summed E-state index contributed by atoms with van der Waals surface area (Å²) in [6, 6.07) is -4.20. The number of hydrogen-bond acceptors (Lipinski definition) is 6. The Morgan fingerprint density at radius 1 is 0.781 bits per heavy atom. The van der Waals surface area contributed by atoms with Crippen molar-refractivity contribution in [2.75, 3.05) is 0 Å². The van der Waals surface area contributed by atoms with Crippen LogP contribution in [0.25, 0.3) is 0 Å². The summed E-state index contributed by atoms with van der Waals surface area (Å²) in [5, 5.41) is 26.7. The largest absolute Gasteiger partial charge is 0.480 e. The molecule has 0 fully saturated rings. The van der Waals surface area contributed by atoms with E-state index in [1.807, 2.05) is 34.6 Å². The van der Waals surface area contributed by atoms with Gasteiger partial charge in [-0.25, -0.2) is 4.79 Å². The molecular formula is C22H42N4O6. The normalized spacial score (nSPS) is 17.1. The molecular weight excluding hydrogens is 416 g/mol. The lowest BCUT2D eigenvalue weighted by Gasteiger charge is -2.29. The summed E-state index contributed by atoms with van der Waals surface area (Å²) in [6.07, 6.45) is 0.0225. The highest BCUT2D eigenvalue weighted by Crippen LogP contribution is 2.12. The van der Waals surface area contributed by atoms with Crippen molar-refractivity contribution in [2.45, 2.75) is 98.0 Å². The third-order valence-electron chi connectivity index (χ3n) is 5.28. The van der Waals surface area contributed by atoms with Crippen LogP contribution < -0.4 is 21.7 Å². The monoisotopic (exact) mass is 458 g/mol. The highest BCUT2D eigenvalue weighted by Gasteiger charge is 2.33. The lowest BCUT2D eigenvalue weighted by Crippen LogP contribution is -2.59. The van der Waals surface area contributed by atoms with Crippen LogP contribution in [0.2, 0.25) is 0 Å². The molecule has 0 aromatic rings. The molecule has 10 nitrogen and oxygen atoms in total. The van der Waals surface area contributed by atoms with E-state index in [4.69, 9.17) is 5.73 Å². The minimum atomic E-state index is -1.20. The molecule has 6 atom stereocenters.